The first-order valence-electron chi connectivity index (χ1n) is 5.85. The lowest BCUT2D eigenvalue weighted by molar-refractivity contribution is 0.0398. The van der Waals surface area contributed by atoms with Crippen molar-refractivity contribution in [2.75, 3.05) is 50.4 Å². The predicted molar refractivity (Wildman–Crippen MR) is 79.3 cm³/mol. The maximum Gasteiger partial charge on any atom is 0.0594 e. The van der Waals surface area contributed by atoms with Crippen LogP contribution in [-0.2, 0) is 4.74 Å². The zero-order valence-corrected chi connectivity index (χ0v) is 11.9. The van der Waals surface area contributed by atoms with Crippen molar-refractivity contribution in [3.8, 4) is 0 Å². The van der Waals surface area contributed by atoms with Crippen molar-refractivity contribution in [3.05, 3.63) is 21.8 Å². The van der Waals surface area contributed by atoms with E-state index in [1.165, 1.54) is 3.57 Å². The molecule has 5 heteroatoms. The lowest BCUT2D eigenvalue weighted by atomic mass is 10.3. The number of nitrogens with zero attached hydrogens (tertiary/aromatic N) is 1. The number of morpholine rings is 1. The largest absolute Gasteiger partial charge is 0.399 e. The molecule has 0 atom stereocenters. The molecule has 0 unspecified atom stereocenters. The Hall–Kier alpha value is -0.530. The van der Waals surface area contributed by atoms with Gasteiger partial charge >= 0.3 is 0 Å². The van der Waals surface area contributed by atoms with E-state index in [1.807, 2.05) is 18.2 Å². The van der Waals surface area contributed by atoms with Gasteiger partial charge in [-0.1, -0.05) is 0 Å². The van der Waals surface area contributed by atoms with Crippen LogP contribution in [0.4, 0.5) is 11.4 Å². The van der Waals surface area contributed by atoms with Gasteiger partial charge in [-0.25, -0.2) is 0 Å². The van der Waals surface area contributed by atoms with Gasteiger partial charge in [0.05, 0.1) is 13.2 Å². The van der Waals surface area contributed by atoms with E-state index in [-0.39, 0.29) is 0 Å². The smallest absolute Gasteiger partial charge is 0.0594 e. The van der Waals surface area contributed by atoms with Gasteiger partial charge in [-0.15, -0.1) is 0 Å². The Bertz CT molecular complexity index is 367. The summed E-state index contributed by atoms with van der Waals surface area (Å²) in [5.74, 6) is 0. The maximum atomic E-state index is 5.72. The summed E-state index contributed by atoms with van der Waals surface area (Å²) in [6.45, 7) is 5.82. The Kier molecular flexibility index (Phi) is 4.87. The fourth-order valence-electron chi connectivity index (χ4n) is 1.85. The molecule has 1 aromatic rings. The average molecular weight is 347 g/mol. The molecule has 17 heavy (non-hydrogen) atoms. The zero-order valence-electron chi connectivity index (χ0n) is 9.79. The van der Waals surface area contributed by atoms with Gasteiger partial charge < -0.3 is 15.8 Å². The van der Waals surface area contributed by atoms with Crippen LogP contribution in [0.2, 0.25) is 0 Å². The molecule has 0 radical (unpaired) electrons. The minimum absolute atomic E-state index is 0.813. The number of ether oxygens (including phenoxy) is 1. The molecule has 1 fully saturated rings. The van der Waals surface area contributed by atoms with Crippen LogP contribution in [0.1, 0.15) is 0 Å². The standard InChI is InChI=1S/C12H18IN3O/c13-11-9-10(14)1-2-12(11)15-3-4-16-5-7-17-8-6-16/h1-2,9,15H,3-8,14H2. The van der Waals surface area contributed by atoms with Crippen molar-refractivity contribution in [3.63, 3.8) is 0 Å². The van der Waals surface area contributed by atoms with Crippen LogP contribution in [0.25, 0.3) is 0 Å². The van der Waals surface area contributed by atoms with Crippen molar-refractivity contribution >= 4 is 34.0 Å². The van der Waals surface area contributed by atoms with Crippen molar-refractivity contribution in [1.82, 2.24) is 4.90 Å². The molecule has 0 amide bonds. The van der Waals surface area contributed by atoms with Crippen LogP contribution < -0.4 is 11.1 Å². The van der Waals surface area contributed by atoms with Crippen LogP contribution in [0.3, 0.4) is 0 Å². The van der Waals surface area contributed by atoms with Crippen LogP contribution >= 0.6 is 22.6 Å². The number of nitrogens with one attached hydrogen (secondary N) is 1. The fourth-order valence-corrected chi connectivity index (χ4v) is 2.58. The number of halogens is 1. The highest BCUT2D eigenvalue weighted by atomic mass is 127. The number of hydrogen-bond donors (Lipinski definition) is 2. The summed E-state index contributed by atoms with van der Waals surface area (Å²) < 4.78 is 6.49. The highest BCUT2D eigenvalue weighted by Gasteiger charge is 2.09. The maximum absolute atomic E-state index is 5.72. The van der Waals surface area contributed by atoms with E-state index in [4.69, 9.17) is 10.5 Å². The molecule has 3 N–H and O–H groups in total. The normalized spacial score (nSPS) is 17.0. The Balaban J connectivity index is 1.77. The van der Waals surface area contributed by atoms with E-state index >= 15 is 0 Å². The van der Waals surface area contributed by atoms with Crippen LogP contribution in [-0.4, -0.2) is 44.3 Å². The molecule has 94 valence electrons. The van der Waals surface area contributed by atoms with Gasteiger partial charge in [0.1, 0.15) is 0 Å². The third-order valence-electron chi connectivity index (χ3n) is 2.84. The Morgan fingerprint density at radius 1 is 1.35 bits per heavy atom. The topological polar surface area (TPSA) is 50.5 Å². The second-order valence-electron chi connectivity index (χ2n) is 4.12. The first kappa shape index (κ1) is 12.9. The second-order valence-corrected chi connectivity index (χ2v) is 5.28. The average Bonchev–Trinajstić information content (AvgIpc) is 2.33. The first-order chi connectivity index (χ1) is 8.25. The number of rotatable bonds is 4. The summed E-state index contributed by atoms with van der Waals surface area (Å²) in [7, 11) is 0. The minimum atomic E-state index is 0.813. The van der Waals surface area contributed by atoms with E-state index in [2.05, 4.69) is 32.8 Å². The lowest BCUT2D eigenvalue weighted by Gasteiger charge is -2.26. The van der Waals surface area contributed by atoms with E-state index in [0.29, 0.717) is 0 Å². The van der Waals surface area contributed by atoms with Crippen molar-refractivity contribution < 1.29 is 4.74 Å². The van der Waals surface area contributed by atoms with Crippen LogP contribution in [0.15, 0.2) is 18.2 Å². The Labute approximate surface area is 116 Å². The third-order valence-corrected chi connectivity index (χ3v) is 3.73. The summed E-state index contributed by atoms with van der Waals surface area (Å²) >= 11 is 2.30. The fraction of sp³-hybridized carbons (Fsp3) is 0.500. The molecule has 2 rings (SSSR count). The number of nitrogens with two attached hydrogens (primary N) is 1. The van der Waals surface area contributed by atoms with Gasteiger partial charge in [0.15, 0.2) is 0 Å². The molecule has 0 bridgehead atoms. The van der Waals surface area contributed by atoms with Crippen LogP contribution in [0, 0.1) is 3.57 Å². The second kappa shape index (κ2) is 6.42. The molecule has 0 spiro atoms. The number of hydrogen-bond acceptors (Lipinski definition) is 4. The minimum Gasteiger partial charge on any atom is -0.399 e. The van der Waals surface area contributed by atoms with Gasteiger partial charge in [0, 0.05) is 41.1 Å². The number of anilines is 2. The molecule has 1 aromatic carbocycles. The molecule has 0 aliphatic carbocycles. The summed E-state index contributed by atoms with van der Waals surface area (Å²) in [5.41, 5.74) is 7.69. The predicted octanol–water partition coefficient (Wildman–Crippen LogP) is 1.62. The lowest BCUT2D eigenvalue weighted by Crippen LogP contribution is -2.39. The molecule has 1 aliphatic heterocycles. The number of benzene rings is 1. The van der Waals surface area contributed by atoms with E-state index in [1.54, 1.807) is 0 Å². The molecule has 0 aromatic heterocycles. The van der Waals surface area contributed by atoms with Gasteiger partial charge in [-0.3, -0.25) is 4.90 Å². The van der Waals surface area contributed by atoms with Crippen molar-refractivity contribution in [1.29, 1.82) is 0 Å². The van der Waals surface area contributed by atoms with Crippen LogP contribution in [0.5, 0.6) is 0 Å². The quantitative estimate of drug-likeness (QED) is 0.642. The highest BCUT2D eigenvalue weighted by molar-refractivity contribution is 14.1. The molecular weight excluding hydrogens is 329 g/mol. The summed E-state index contributed by atoms with van der Waals surface area (Å²) in [6, 6.07) is 5.95. The van der Waals surface area contributed by atoms with Gasteiger partial charge in [-0.05, 0) is 40.8 Å². The van der Waals surface area contributed by atoms with E-state index in [9.17, 15) is 0 Å². The SMILES string of the molecule is Nc1ccc(NCCN2CCOCC2)c(I)c1. The molecular formula is C12H18IN3O. The van der Waals surface area contributed by atoms with Gasteiger partial charge in [0.2, 0.25) is 0 Å². The summed E-state index contributed by atoms with van der Waals surface area (Å²) in [4.78, 5) is 2.42. The molecule has 4 nitrogen and oxygen atoms in total. The first-order valence-corrected chi connectivity index (χ1v) is 6.92. The number of nitrogen functional groups attached to an aromatic ring is 1. The van der Waals surface area contributed by atoms with Gasteiger partial charge in [-0.2, -0.15) is 0 Å². The molecule has 1 heterocycles. The van der Waals surface area contributed by atoms with E-state index in [0.717, 1.165) is 50.8 Å². The zero-order chi connectivity index (χ0) is 12.1. The Morgan fingerprint density at radius 3 is 2.82 bits per heavy atom. The highest BCUT2D eigenvalue weighted by Crippen LogP contribution is 2.20. The molecule has 1 saturated heterocycles. The van der Waals surface area contributed by atoms with Gasteiger partial charge in [0.25, 0.3) is 0 Å². The summed E-state index contributed by atoms with van der Waals surface area (Å²) in [5, 5.41) is 3.44. The monoisotopic (exact) mass is 347 g/mol. The molecule has 0 saturated carbocycles. The summed E-state index contributed by atoms with van der Waals surface area (Å²) in [6.07, 6.45) is 0. The van der Waals surface area contributed by atoms with E-state index < -0.39 is 0 Å². The molecule has 1 aliphatic rings. The third kappa shape index (κ3) is 4.01. The Morgan fingerprint density at radius 2 is 2.12 bits per heavy atom. The van der Waals surface area contributed by atoms with Crippen molar-refractivity contribution in [2.24, 2.45) is 0 Å². The van der Waals surface area contributed by atoms with Crippen molar-refractivity contribution in [2.45, 2.75) is 0 Å².